The van der Waals surface area contributed by atoms with Crippen molar-refractivity contribution in [2.24, 2.45) is 0 Å². The first kappa shape index (κ1) is 15.1. The van der Waals surface area contributed by atoms with E-state index >= 15 is 0 Å². The van der Waals surface area contributed by atoms with E-state index in [1.165, 1.54) is 10.7 Å². The van der Waals surface area contributed by atoms with Crippen LogP contribution in [0.2, 0.25) is 5.02 Å². The SMILES string of the molecule is Cc1ccc(Cl)cc1NC(=O)c1ccn(CCC(=O)O)n1. The second-order valence-corrected chi connectivity index (χ2v) is 4.96. The molecule has 1 heterocycles. The number of hydrogen-bond acceptors (Lipinski definition) is 3. The number of halogens is 1. The van der Waals surface area contributed by atoms with Gasteiger partial charge in [0.15, 0.2) is 5.69 Å². The van der Waals surface area contributed by atoms with E-state index in [1.807, 2.05) is 13.0 Å². The van der Waals surface area contributed by atoms with E-state index in [1.54, 1.807) is 18.3 Å². The van der Waals surface area contributed by atoms with E-state index in [4.69, 9.17) is 16.7 Å². The Balaban J connectivity index is 2.06. The van der Waals surface area contributed by atoms with Crippen molar-refractivity contribution in [1.82, 2.24) is 9.78 Å². The second kappa shape index (κ2) is 6.41. The minimum Gasteiger partial charge on any atom is -0.481 e. The molecule has 0 aliphatic heterocycles. The number of benzene rings is 1. The highest BCUT2D eigenvalue weighted by atomic mass is 35.5. The number of hydrogen-bond donors (Lipinski definition) is 2. The number of rotatable bonds is 5. The summed E-state index contributed by atoms with van der Waals surface area (Å²) >= 11 is 5.89. The summed E-state index contributed by atoms with van der Waals surface area (Å²) in [7, 11) is 0. The Labute approximate surface area is 126 Å². The zero-order valence-corrected chi connectivity index (χ0v) is 12.1. The number of carbonyl (C=O) groups excluding carboxylic acids is 1. The summed E-state index contributed by atoms with van der Waals surface area (Å²) in [4.78, 5) is 22.6. The molecule has 7 heteroatoms. The second-order valence-electron chi connectivity index (χ2n) is 4.52. The molecule has 0 radical (unpaired) electrons. The average Bonchev–Trinajstić information content (AvgIpc) is 2.89. The van der Waals surface area contributed by atoms with Crippen molar-refractivity contribution >= 4 is 29.2 Å². The van der Waals surface area contributed by atoms with Crippen LogP contribution in [0.5, 0.6) is 0 Å². The lowest BCUT2D eigenvalue weighted by Gasteiger charge is -2.07. The summed E-state index contributed by atoms with van der Waals surface area (Å²) in [5.41, 5.74) is 1.73. The van der Waals surface area contributed by atoms with Crippen LogP contribution < -0.4 is 5.32 Å². The van der Waals surface area contributed by atoms with Crippen LogP contribution in [0.25, 0.3) is 0 Å². The van der Waals surface area contributed by atoms with Crippen LogP contribution in [0.1, 0.15) is 22.5 Å². The minimum absolute atomic E-state index is 0.0455. The van der Waals surface area contributed by atoms with Gasteiger partial charge in [-0.3, -0.25) is 14.3 Å². The number of aromatic nitrogens is 2. The molecule has 2 N–H and O–H groups in total. The number of carboxylic acid groups (broad SMARTS) is 1. The normalized spacial score (nSPS) is 10.4. The number of nitrogens with zero attached hydrogens (tertiary/aromatic N) is 2. The highest BCUT2D eigenvalue weighted by Gasteiger charge is 2.11. The van der Waals surface area contributed by atoms with Crippen LogP contribution in [-0.2, 0) is 11.3 Å². The predicted octanol–water partition coefficient (Wildman–Crippen LogP) is 2.57. The highest BCUT2D eigenvalue weighted by molar-refractivity contribution is 6.31. The van der Waals surface area contributed by atoms with Crippen molar-refractivity contribution < 1.29 is 14.7 Å². The maximum Gasteiger partial charge on any atom is 0.305 e. The molecule has 110 valence electrons. The summed E-state index contributed by atoms with van der Waals surface area (Å²) in [6.07, 6.45) is 1.53. The Kier molecular flexibility index (Phi) is 4.59. The van der Waals surface area contributed by atoms with Gasteiger partial charge in [0.25, 0.3) is 5.91 Å². The molecular formula is C14H14ClN3O3. The number of amides is 1. The zero-order chi connectivity index (χ0) is 15.4. The standard InChI is InChI=1S/C14H14ClN3O3/c1-9-2-3-10(15)8-12(9)16-14(21)11-4-6-18(17-11)7-5-13(19)20/h2-4,6,8H,5,7H2,1H3,(H,16,21)(H,19,20). The zero-order valence-electron chi connectivity index (χ0n) is 11.3. The van der Waals surface area contributed by atoms with E-state index in [-0.39, 0.29) is 24.6 Å². The van der Waals surface area contributed by atoms with E-state index < -0.39 is 5.97 Å². The van der Waals surface area contributed by atoms with Crippen LogP contribution in [-0.4, -0.2) is 26.8 Å². The summed E-state index contributed by atoms with van der Waals surface area (Å²) < 4.78 is 1.42. The maximum absolute atomic E-state index is 12.1. The molecule has 0 aliphatic rings. The summed E-state index contributed by atoms with van der Waals surface area (Å²) in [6, 6.07) is 6.75. The van der Waals surface area contributed by atoms with Gasteiger partial charge in [0, 0.05) is 16.9 Å². The van der Waals surface area contributed by atoms with Crippen molar-refractivity contribution in [3.05, 3.63) is 46.7 Å². The molecule has 0 fully saturated rings. The quantitative estimate of drug-likeness (QED) is 0.889. The molecule has 2 aromatic rings. The molecule has 1 aromatic carbocycles. The van der Waals surface area contributed by atoms with Crippen LogP contribution in [0, 0.1) is 6.92 Å². The van der Waals surface area contributed by atoms with Gasteiger partial charge in [-0.05, 0) is 30.7 Å². The fraction of sp³-hybridized carbons (Fsp3) is 0.214. The predicted molar refractivity (Wildman–Crippen MR) is 78.6 cm³/mol. The molecule has 0 bridgehead atoms. The lowest BCUT2D eigenvalue weighted by molar-refractivity contribution is -0.137. The van der Waals surface area contributed by atoms with E-state index in [0.717, 1.165) is 5.56 Å². The number of anilines is 1. The number of carboxylic acids is 1. The smallest absolute Gasteiger partial charge is 0.305 e. The molecular weight excluding hydrogens is 294 g/mol. The topological polar surface area (TPSA) is 84.2 Å². The van der Waals surface area contributed by atoms with Crippen LogP contribution in [0.15, 0.2) is 30.5 Å². The van der Waals surface area contributed by atoms with Gasteiger partial charge >= 0.3 is 5.97 Å². The Hall–Kier alpha value is -2.34. The van der Waals surface area contributed by atoms with Gasteiger partial charge in [0.1, 0.15) is 0 Å². The van der Waals surface area contributed by atoms with Gasteiger partial charge in [-0.25, -0.2) is 0 Å². The highest BCUT2D eigenvalue weighted by Crippen LogP contribution is 2.20. The fourth-order valence-corrected chi connectivity index (χ4v) is 1.90. The van der Waals surface area contributed by atoms with Gasteiger partial charge in [0.05, 0.1) is 13.0 Å². The number of nitrogens with one attached hydrogen (secondary N) is 1. The van der Waals surface area contributed by atoms with Gasteiger partial charge in [-0.1, -0.05) is 17.7 Å². The molecule has 0 atom stereocenters. The number of carbonyl (C=O) groups is 2. The first-order chi connectivity index (χ1) is 9.95. The Bertz CT molecular complexity index is 682. The third-order valence-electron chi connectivity index (χ3n) is 2.88. The molecule has 1 amide bonds. The summed E-state index contributed by atoms with van der Waals surface area (Å²) in [6.45, 7) is 2.08. The largest absolute Gasteiger partial charge is 0.481 e. The first-order valence-corrected chi connectivity index (χ1v) is 6.66. The van der Waals surface area contributed by atoms with Gasteiger partial charge in [-0.2, -0.15) is 5.10 Å². The molecule has 6 nitrogen and oxygen atoms in total. The van der Waals surface area contributed by atoms with Gasteiger partial charge in [-0.15, -0.1) is 0 Å². The lowest BCUT2D eigenvalue weighted by Crippen LogP contribution is -2.14. The van der Waals surface area contributed by atoms with Gasteiger partial charge < -0.3 is 10.4 Å². The molecule has 0 unspecified atom stereocenters. The van der Waals surface area contributed by atoms with Crippen molar-refractivity contribution in [2.75, 3.05) is 5.32 Å². The van der Waals surface area contributed by atoms with Crippen LogP contribution in [0.4, 0.5) is 5.69 Å². The molecule has 1 aromatic heterocycles. The van der Waals surface area contributed by atoms with Crippen molar-refractivity contribution in [2.45, 2.75) is 19.9 Å². The molecule has 0 aliphatic carbocycles. The minimum atomic E-state index is -0.911. The molecule has 21 heavy (non-hydrogen) atoms. The monoisotopic (exact) mass is 307 g/mol. The third kappa shape index (κ3) is 4.06. The molecule has 0 saturated carbocycles. The summed E-state index contributed by atoms with van der Waals surface area (Å²) in [5, 5.41) is 15.9. The Morgan fingerprint density at radius 3 is 2.86 bits per heavy atom. The first-order valence-electron chi connectivity index (χ1n) is 6.28. The number of aryl methyl sites for hydroxylation is 2. The average molecular weight is 308 g/mol. The number of aliphatic carboxylic acids is 1. The van der Waals surface area contributed by atoms with Gasteiger partial charge in [0.2, 0.25) is 0 Å². The van der Waals surface area contributed by atoms with Crippen LogP contribution in [0.3, 0.4) is 0 Å². The fourth-order valence-electron chi connectivity index (χ4n) is 1.73. The Morgan fingerprint density at radius 2 is 2.14 bits per heavy atom. The third-order valence-corrected chi connectivity index (χ3v) is 3.11. The van der Waals surface area contributed by atoms with E-state index in [0.29, 0.717) is 10.7 Å². The van der Waals surface area contributed by atoms with E-state index in [2.05, 4.69) is 10.4 Å². The van der Waals surface area contributed by atoms with Crippen molar-refractivity contribution in [3.63, 3.8) is 0 Å². The Morgan fingerprint density at radius 1 is 1.38 bits per heavy atom. The van der Waals surface area contributed by atoms with Crippen molar-refractivity contribution in [1.29, 1.82) is 0 Å². The van der Waals surface area contributed by atoms with Crippen molar-refractivity contribution in [3.8, 4) is 0 Å². The lowest BCUT2D eigenvalue weighted by atomic mass is 10.2. The van der Waals surface area contributed by atoms with E-state index in [9.17, 15) is 9.59 Å². The summed E-state index contributed by atoms with van der Waals surface area (Å²) in [5.74, 6) is -1.28. The van der Waals surface area contributed by atoms with Crippen LogP contribution >= 0.6 is 11.6 Å². The molecule has 2 rings (SSSR count). The molecule has 0 saturated heterocycles. The maximum atomic E-state index is 12.1. The molecule has 0 spiro atoms.